The van der Waals surface area contributed by atoms with Crippen molar-refractivity contribution in [1.82, 2.24) is 0 Å². The van der Waals surface area contributed by atoms with Gasteiger partial charge in [0.15, 0.2) is 0 Å². The van der Waals surface area contributed by atoms with Gasteiger partial charge in [-0.25, -0.2) is 0 Å². The van der Waals surface area contributed by atoms with Crippen molar-refractivity contribution in [3.05, 3.63) is 63.7 Å². The van der Waals surface area contributed by atoms with E-state index in [-0.39, 0.29) is 6.61 Å². The van der Waals surface area contributed by atoms with Crippen molar-refractivity contribution < 1.29 is 9.84 Å². The standard InChI is InChI=1S/C19H24O2/c1-12-6-7-14(3)17(10-12)18(20)11-21-19-15(4)9-8-13(2)16(19)5/h6-10,18,20H,11H2,1-5H3. The van der Waals surface area contributed by atoms with Crippen LogP contribution in [0.2, 0.25) is 0 Å². The first-order chi connectivity index (χ1) is 9.90. The van der Waals surface area contributed by atoms with E-state index in [0.29, 0.717) is 0 Å². The molecule has 1 atom stereocenters. The summed E-state index contributed by atoms with van der Waals surface area (Å²) >= 11 is 0. The van der Waals surface area contributed by atoms with E-state index in [1.165, 1.54) is 5.56 Å². The topological polar surface area (TPSA) is 29.5 Å². The van der Waals surface area contributed by atoms with Crippen molar-refractivity contribution in [2.45, 2.75) is 40.7 Å². The molecule has 0 aliphatic rings. The molecule has 0 bridgehead atoms. The van der Waals surface area contributed by atoms with Gasteiger partial charge >= 0.3 is 0 Å². The highest BCUT2D eigenvalue weighted by Gasteiger charge is 2.14. The first-order valence-corrected chi connectivity index (χ1v) is 7.35. The summed E-state index contributed by atoms with van der Waals surface area (Å²) in [4.78, 5) is 0. The third-order valence-corrected chi connectivity index (χ3v) is 4.05. The van der Waals surface area contributed by atoms with Gasteiger partial charge in [-0.3, -0.25) is 0 Å². The van der Waals surface area contributed by atoms with Crippen molar-refractivity contribution in [2.24, 2.45) is 0 Å². The average Bonchev–Trinajstić information content (AvgIpc) is 2.45. The Hall–Kier alpha value is -1.80. The molecule has 1 N–H and O–H groups in total. The average molecular weight is 284 g/mol. The second kappa shape index (κ2) is 6.31. The smallest absolute Gasteiger partial charge is 0.125 e. The number of ether oxygens (including phenoxy) is 1. The molecule has 0 aromatic heterocycles. The molecule has 112 valence electrons. The second-order valence-electron chi connectivity index (χ2n) is 5.84. The van der Waals surface area contributed by atoms with Crippen LogP contribution in [0.5, 0.6) is 5.75 Å². The molecular weight excluding hydrogens is 260 g/mol. The molecule has 0 saturated heterocycles. The van der Waals surface area contributed by atoms with Crippen LogP contribution in [0.1, 0.15) is 39.5 Å². The Balaban J connectivity index is 2.17. The molecule has 2 aromatic rings. The molecule has 2 rings (SSSR count). The number of aliphatic hydroxyl groups is 1. The van der Waals surface area contributed by atoms with E-state index in [9.17, 15) is 5.11 Å². The van der Waals surface area contributed by atoms with Crippen LogP contribution >= 0.6 is 0 Å². The lowest BCUT2D eigenvalue weighted by molar-refractivity contribution is 0.107. The summed E-state index contributed by atoms with van der Waals surface area (Å²) < 4.78 is 5.91. The Bertz CT molecular complexity index is 644. The van der Waals surface area contributed by atoms with E-state index >= 15 is 0 Å². The summed E-state index contributed by atoms with van der Waals surface area (Å²) in [5.41, 5.74) is 6.64. The van der Waals surface area contributed by atoms with Gasteiger partial charge in [0, 0.05) is 0 Å². The number of rotatable bonds is 4. The first kappa shape index (κ1) is 15.6. The van der Waals surface area contributed by atoms with Crippen LogP contribution in [-0.4, -0.2) is 11.7 Å². The highest BCUT2D eigenvalue weighted by Crippen LogP contribution is 2.27. The predicted molar refractivity (Wildman–Crippen MR) is 87.0 cm³/mol. The number of benzene rings is 2. The highest BCUT2D eigenvalue weighted by atomic mass is 16.5. The number of aryl methyl sites for hydroxylation is 4. The third kappa shape index (κ3) is 3.45. The van der Waals surface area contributed by atoms with Gasteiger partial charge in [0.05, 0.1) is 0 Å². The summed E-state index contributed by atoms with van der Waals surface area (Å²) in [6, 6.07) is 10.3. The van der Waals surface area contributed by atoms with Crippen molar-refractivity contribution in [3.63, 3.8) is 0 Å². The maximum Gasteiger partial charge on any atom is 0.125 e. The molecule has 0 saturated carbocycles. The highest BCUT2D eigenvalue weighted by molar-refractivity contribution is 5.44. The van der Waals surface area contributed by atoms with E-state index in [1.54, 1.807) is 0 Å². The molecule has 2 nitrogen and oxygen atoms in total. The lowest BCUT2D eigenvalue weighted by atomic mass is 10.0. The van der Waals surface area contributed by atoms with E-state index in [4.69, 9.17) is 4.74 Å². The summed E-state index contributed by atoms with van der Waals surface area (Å²) in [7, 11) is 0. The third-order valence-electron chi connectivity index (χ3n) is 4.05. The van der Waals surface area contributed by atoms with Gasteiger partial charge in [0.1, 0.15) is 18.5 Å². The zero-order chi connectivity index (χ0) is 15.6. The molecule has 0 aliphatic heterocycles. The van der Waals surface area contributed by atoms with Gasteiger partial charge in [0.2, 0.25) is 0 Å². The summed E-state index contributed by atoms with van der Waals surface area (Å²) in [5.74, 6) is 0.888. The number of aliphatic hydroxyl groups excluding tert-OH is 1. The van der Waals surface area contributed by atoms with Crippen LogP contribution in [0.3, 0.4) is 0 Å². The molecular formula is C19H24O2. The molecule has 1 unspecified atom stereocenters. The van der Waals surface area contributed by atoms with Crippen LogP contribution in [0, 0.1) is 34.6 Å². The summed E-state index contributed by atoms with van der Waals surface area (Å²) in [6.07, 6.45) is -0.607. The zero-order valence-corrected chi connectivity index (χ0v) is 13.5. The summed E-state index contributed by atoms with van der Waals surface area (Å²) in [5, 5.41) is 10.4. The Labute approximate surface area is 127 Å². The zero-order valence-electron chi connectivity index (χ0n) is 13.5. The quantitative estimate of drug-likeness (QED) is 0.905. The van der Waals surface area contributed by atoms with Crippen LogP contribution < -0.4 is 4.74 Å². The number of hydrogen-bond donors (Lipinski definition) is 1. The van der Waals surface area contributed by atoms with E-state index in [0.717, 1.165) is 33.6 Å². The molecule has 0 aliphatic carbocycles. The predicted octanol–water partition coefficient (Wildman–Crippen LogP) is 4.34. The van der Waals surface area contributed by atoms with E-state index in [1.807, 2.05) is 32.9 Å². The van der Waals surface area contributed by atoms with E-state index < -0.39 is 6.10 Å². The fourth-order valence-corrected chi connectivity index (χ4v) is 2.52. The Kier molecular flexibility index (Phi) is 4.69. The molecule has 0 heterocycles. The van der Waals surface area contributed by atoms with Gasteiger partial charge in [-0.05, 0) is 62.4 Å². The summed E-state index contributed by atoms with van der Waals surface area (Å²) in [6.45, 7) is 10.5. The normalized spacial score (nSPS) is 12.3. The fourth-order valence-electron chi connectivity index (χ4n) is 2.52. The molecule has 21 heavy (non-hydrogen) atoms. The lowest BCUT2D eigenvalue weighted by Crippen LogP contribution is -2.12. The second-order valence-corrected chi connectivity index (χ2v) is 5.84. The first-order valence-electron chi connectivity index (χ1n) is 7.35. The van der Waals surface area contributed by atoms with Crippen molar-refractivity contribution in [2.75, 3.05) is 6.61 Å². The Morgan fingerprint density at radius 3 is 2.24 bits per heavy atom. The monoisotopic (exact) mass is 284 g/mol. The molecule has 0 radical (unpaired) electrons. The minimum absolute atomic E-state index is 0.273. The molecule has 2 heteroatoms. The molecule has 2 aromatic carbocycles. The maximum absolute atomic E-state index is 10.4. The van der Waals surface area contributed by atoms with Crippen molar-refractivity contribution >= 4 is 0 Å². The largest absolute Gasteiger partial charge is 0.490 e. The Morgan fingerprint density at radius 1 is 0.905 bits per heavy atom. The Morgan fingerprint density at radius 2 is 1.52 bits per heavy atom. The van der Waals surface area contributed by atoms with Crippen LogP contribution in [-0.2, 0) is 0 Å². The van der Waals surface area contributed by atoms with Crippen LogP contribution in [0.15, 0.2) is 30.3 Å². The van der Waals surface area contributed by atoms with E-state index in [2.05, 4.69) is 32.0 Å². The SMILES string of the molecule is Cc1ccc(C)c(C(O)COc2c(C)ccc(C)c2C)c1. The van der Waals surface area contributed by atoms with Gasteiger partial charge in [0.25, 0.3) is 0 Å². The van der Waals surface area contributed by atoms with Crippen LogP contribution in [0.25, 0.3) is 0 Å². The molecule has 0 fully saturated rings. The maximum atomic E-state index is 10.4. The van der Waals surface area contributed by atoms with Gasteiger partial charge < -0.3 is 9.84 Å². The van der Waals surface area contributed by atoms with Gasteiger partial charge in [-0.15, -0.1) is 0 Å². The van der Waals surface area contributed by atoms with Gasteiger partial charge in [-0.2, -0.15) is 0 Å². The van der Waals surface area contributed by atoms with Crippen LogP contribution in [0.4, 0.5) is 0 Å². The fraction of sp³-hybridized carbons (Fsp3) is 0.368. The minimum Gasteiger partial charge on any atom is -0.490 e. The number of hydrogen-bond acceptors (Lipinski definition) is 2. The lowest BCUT2D eigenvalue weighted by Gasteiger charge is -2.18. The van der Waals surface area contributed by atoms with Crippen molar-refractivity contribution in [1.29, 1.82) is 0 Å². The molecule has 0 amide bonds. The molecule has 0 spiro atoms. The van der Waals surface area contributed by atoms with Gasteiger partial charge in [-0.1, -0.05) is 35.9 Å². The minimum atomic E-state index is -0.607. The van der Waals surface area contributed by atoms with Crippen molar-refractivity contribution in [3.8, 4) is 5.75 Å².